The molecule has 0 atom stereocenters. The lowest BCUT2D eigenvalue weighted by Crippen LogP contribution is -2.05. The molecule has 0 aliphatic rings. The summed E-state index contributed by atoms with van der Waals surface area (Å²) in [5.74, 6) is 0. The molecule has 4 N–H and O–H groups in total. The van der Waals surface area contributed by atoms with Gasteiger partial charge in [-0.3, -0.25) is 0 Å². The zero-order valence-corrected chi connectivity index (χ0v) is 8.53. The second-order valence-electron chi connectivity index (χ2n) is 3.27. The molecule has 0 radical (unpaired) electrons. The minimum absolute atomic E-state index is 0.204. The molecule has 80 valence electrons. The second kappa shape index (κ2) is 5.89. The van der Waals surface area contributed by atoms with Crippen molar-refractivity contribution in [3.8, 4) is 6.07 Å². The third-order valence-electron chi connectivity index (χ3n) is 2.08. The van der Waals surface area contributed by atoms with Gasteiger partial charge in [0.2, 0.25) is 0 Å². The van der Waals surface area contributed by atoms with E-state index in [1.807, 2.05) is 0 Å². The Hall–Kier alpha value is -1.73. The fourth-order valence-corrected chi connectivity index (χ4v) is 1.24. The Balaban J connectivity index is 2.56. The van der Waals surface area contributed by atoms with Crippen LogP contribution < -0.4 is 11.1 Å². The van der Waals surface area contributed by atoms with Gasteiger partial charge in [-0.15, -0.1) is 0 Å². The quantitative estimate of drug-likeness (QED) is 0.500. The highest BCUT2D eigenvalue weighted by molar-refractivity contribution is 5.68. The van der Waals surface area contributed by atoms with Crippen LogP contribution >= 0.6 is 0 Å². The molecule has 15 heavy (non-hydrogen) atoms. The third-order valence-corrected chi connectivity index (χ3v) is 2.08. The van der Waals surface area contributed by atoms with E-state index in [9.17, 15) is 0 Å². The average molecular weight is 205 g/mol. The Kier molecular flexibility index (Phi) is 4.45. The normalized spacial score (nSPS) is 9.60. The SMILES string of the molecule is N#Cc1ccc(N)c(NCCCCO)c1. The van der Waals surface area contributed by atoms with Crippen LogP contribution in [0.3, 0.4) is 0 Å². The molecule has 0 aromatic heterocycles. The van der Waals surface area contributed by atoms with Crippen molar-refractivity contribution in [2.45, 2.75) is 12.8 Å². The second-order valence-corrected chi connectivity index (χ2v) is 3.27. The highest BCUT2D eigenvalue weighted by Crippen LogP contribution is 2.19. The topological polar surface area (TPSA) is 82.1 Å². The predicted molar refractivity (Wildman–Crippen MR) is 60.4 cm³/mol. The number of anilines is 2. The van der Waals surface area contributed by atoms with Gasteiger partial charge in [0.1, 0.15) is 0 Å². The zero-order chi connectivity index (χ0) is 11.1. The molecule has 0 amide bonds. The van der Waals surface area contributed by atoms with Crippen molar-refractivity contribution in [3.63, 3.8) is 0 Å². The van der Waals surface area contributed by atoms with Crippen molar-refractivity contribution in [3.05, 3.63) is 23.8 Å². The van der Waals surface area contributed by atoms with Crippen LogP contribution in [0.1, 0.15) is 18.4 Å². The summed E-state index contributed by atoms with van der Waals surface area (Å²) in [6, 6.07) is 7.19. The summed E-state index contributed by atoms with van der Waals surface area (Å²) in [6.07, 6.45) is 1.65. The number of nitrogens with one attached hydrogen (secondary N) is 1. The molecule has 0 spiro atoms. The zero-order valence-electron chi connectivity index (χ0n) is 8.53. The van der Waals surface area contributed by atoms with E-state index in [-0.39, 0.29) is 6.61 Å². The van der Waals surface area contributed by atoms with Gasteiger partial charge in [-0.05, 0) is 31.0 Å². The van der Waals surface area contributed by atoms with Gasteiger partial charge in [0.25, 0.3) is 0 Å². The molecule has 1 rings (SSSR count). The van der Waals surface area contributed by atoms with Crippen molar-refractivity contribution in [1.82, 2.24) is 0 Å². The number of benzene rings is 1. The molecule has 0 saturated carbocycles. The number of aliphatic hydroxyl groups excluding tert-OH is 1. The first kappa shape index (κ1) is 11.3. The molecule has 1 aromatic rings. The summed E-state index contributed by atoms with van der Waals surface area (Å²) in [5, 5.41) is 20.5. The van der Waals surface area contributed by atoms with Crippen LogP contribution in [0.2, 0.25) is 0 Å². The number of aliphatic hydroxyl groups is 1. The first-order chi connectivity index (χ1) is 7.27. The molecule has 4 heteroatoms. The van der Waals surface area contributed by atoms with Gasteiger partial charge < -0.3 is 16.2 Å². The van der Waals surface area contributed by atoms with Crippen molar-refractivity contribution < 1.29 is 5.11 Å². The fraction of sp³-hybridized carbons (Fsp3) is 0.364. The van der Waals surface area contributed by atoms with Crippen LogP contribution in [0.15, 0.2) is 18.2 Å². The van der Waals surface area contributed by atoms with E-state index in [1.165, 1.54) is 0 Å². The molecule has 0 heterocycles. The van der Waals surface area contributed by atoms with Gasteiger partial charge in [-0.1, -0.05) is 0 Å². The fourth-order valence-electron chi connectivity index (χ4n) is 1.24. The minimum Gasteiger partial charge on any atom is -0.397 e. The average Bonchev–Trinajstić information content (AvgIpc) is 2.26. The number of hydrogen-bond acceptors (Lipinski definition) is 4. The monoisotopic (exact) mass is 205 g/mol. The summed E-state index contributed by atoms with van der Waals surface area (Å²) < 4.78 is 0. The van der Waals surface area contributed by atoms with E-state index in [1.54, 1.807) is 18.2 Å². The molecule has 4 nitrogen and oxygen atoms in total. The molecule has 0 bridgehead atoms. The Morgan fingerprint density at radius 2 is 2.20 bits per heavy atom. The molecule has 0 unspecified atom stereocenters. The summed E-state index contributed by atoms with van der Waals surface area (Å²) >= 11 is 0. The van der Waals surface area contributed by atoms with Crippen molar-refractivity contribution in [2.75, 3.05) is 24.2 Å². The number of hydrogen-bond donors (Lipinski definition) is 3. The van der Waals surface area contributed by atoms with Gasteiger partial charge in [-0.2, -0.15) is 5.26 Å². The van der Waals surface area contributed by atoms with Crippen molar-refractivity contribution in [1.29, 1.82) is 5.26 Å². The third kappa shape index (κ3) is 3.49. The molecule has 0 aliphatic carbocycles. The van der Waals surface area contributed by atoms with Gasteiger partial charge >= 0.3 is 0 Å². The summed E-state index contributed by atoms with van der Waals surface area (Å²) in [7, 11) is 0. The van der Waals surface area contributed by atoms with Crippen LogP contribution in [0.4, 0.5) is 11.4 Å². The Morgan fingerprint density at radius 3 is 2.87 bits per heavy atom. The van der Waals surface area contributed by atoms with E-state index in [0.717, 1.165) is 25.1 Å². The van der Waals surface area contributed by atoms with Gasteiger partial charge in [0.15, 0.2) is 0 Å². The Morgan fingerprint density at radius 1 is 1.40 bits per heavy atom. The lowest BCUT2D eigenvalue weighted by atomic mass is 10.2. The first-order valence-corrected chi connectivity index (χ1v) is 4.92. The van der Waals surface area contributed by atoms with E-state index in [0.29, 0.717) is 11.3 Å². The maximum atomic E-state index is 8.71. The minimum atomic E-state index is 0.204. The summed E-state index contributed by atoms with van der Waals surface area (Å²) in [5.41, 5.74) is 7.75. The van der Waals surface area contributed by atoms with E-state index in [4.69, 9.17) is 16.1 Å². The van der Waals surface area contributed by atoms with Gasteiger partial charge in [0, 0.05) is 13.2 Å². The highest BCUT2D eigenvalue weighted by Gasteiger charge is 1.99. The number of nitrogen functional groups attached to an aromatic ring is 1. The standard InChI is InChI=1S/C11H15N3O/c12-8-9-3-4-10(13)11(7-9)14-5-1-2-6-15/h3-4,7,14-15H,1-2,5-6,13H2. The molecule has 0 aliphatic heterocycles. The van der Waals surface area contributed by atoms with E-state index in [2.05, 4.69) is 11.4 Å². The van der Waals surface area contributed by atoms with Crippen LogP contribution in [0, 0.1) is 11.3 Å². The number of nitriles is 1. The van der Waals surface area contributed by atoms with E-state index < -0.39 is 0 Å². The summed E-state index contributed by atoms with van der Waals surface area (Å²) in [4.78, 5) is 0. The van der Waals surface area contributed by atoms with Crippen molar-refractivity contribution >= 4 is 11.4 Å². The maximum Gasteiger partial charge on any atom is 0.0992 e. The van der Waals surface area contributed by atoms with Crippen LogP contribution in [-0.2, 0) is 0 Å². The smallest absolute Gasteiger partial charge is 0.0992 e. The van der Waals surface area contributed by atoms with Crippen molar-refractivity contribution in [2.24, 2.45) is 0 Å². The van der Waals surface area contributed by atoms with E-state index >= 15 is 0 Å². The maximum absolute atomic E-state index is 8.71. The Labute approximate surface area is 89.3 Å². The molecule has 0 fully saturated rings. The first-order valence-electron chi connectivity index (χ1n) is 4.92. The number of rotatable bonds is 5. The molecular weight excluding hydrogens is 190 g/mol. The van der Waals surface area contributed by atoms with Gasteiger partial charge in [0.05, 0.1) is 23.0 Å². The molecule has 1 aromatic carbocycles. The number of nitrogens with two attached hydrogens (primary N) is 1. The Bertz CT molecular complexity index is 357. The molecule has 0 saturated heterocycles. The summed E-state index contributed by atoms with van der Waals surface area (Å²) in [6.45, 7) is 0.953. The lowest BCUT2D eigenvalue weighted by Gasteiger charge is -2.08. The predicted octanol–water partition coefficient (Wildman–Crippen LogP) is 1.32. The largest absolute Gasteiger partial charge is 0.397 e. The lowest BCUT2D eigenvalue weighted by molar-refractivity contribution is 0.286. The number of unbranched alkanes of at least 4 members (excludes halogenated alkanes) is 1. The van der Waals surface area contributed by atoms with Gasteiger partial charge in [-0.25, -0.2) is 0 Å². The molecular formula is C11H15N3O. The van der Waals surface area contributed by atoms with Crippen LogP contribution in [-0.4, -0.2) is 18.3 Å². The highest BCUT2D eigenvalue weighted by atomic mass is 16.2. The number of nitrogens with zero attached hydrogens (tertiary/aromatic N) is 1. The van der Waals surface area contributed by atoms with Crippen LogP contribution in [0.5, 0.6) is 0 Å². The van der Waals surface area contributed by atoms with Crippen LogP contribution in [0.25, 0.3) is 0 Å².